The van der Waals surface area contributed by atoms with E-state index in [1.165, 1.54) is 12.1 Å². The second-order valence-electron chi connectivity index (χ2n) is 6.11. The number of carbonyl (C=O) groups is 1. The molecule has 0 aliphatic carbocycles. The summed E-state index contributed by atoms with van der Waals surface area (Å²) in [5.74, 6) is -0.982. The summed E-state index contributed by atoms with van der Waals surface area (Å²) in [5, 5.41) is 11.7. The van der Waals surface area contributed by atoms with Gasteiger partial charge in [-0.15, -0.1) is 0 Å². The zero-order chi connectivity index (χ0) is 16.3. The van der Waals surface area contributed by atoms with Crippen LogP contribution in [-0.2, 0) is 11.0 Å². The van der Waals surface area contributed by atoms with E-state index in [1.54, 1.807) is 0 Å². The summed E-state index contributed by atoms with van der Waals surface area (Å²) in [6.07, 6.45) is -4.21. The summed E-state index contributed by atoms with van der Waals surface area (Å²) in [4.78, 5) is 14.4. The Balaban J connectivity index is 2.90. The van der Waals surface area contributed by atoms with Gasteiger partial charge in [0.2, 0.25) is 0 Å². The molecule has 7 heteroatoms. The van der Waals surface area contributed by atoms with Crippen LogP contribution in [0.25, 0.3) is 0 Å². The minimum atomic E-state index is -4.52. The van der Waals surface area contributed by atoms with E-state index in [4.69, 9.17) is 5.11 Å². The molecule has 0 bridgehead atoms. The number of carboxylic acids is 1. The highest BCUT2D eigenvalue weighted by Gasteiger charge is 2.32. The lowest BCUT2D eigenvalue weighted by Crippen LogP contribution is -2.29. The summed E-state index contributed by atoms with van der Waals surface area (Å²) in [7, 11) is 0. The van der Waals surface area contributed by atoms with Gasteiger partial charge in [0.05, 0.1) is 6.42 Å². The molecule has 0 saturated carbocycles. The van der Waals surface area contributed by atoms with Crippen molar-refractivity contribution in [1.82, 2.24) is 4.98 Å². The number of hydrogen-bond donors (Lipinski definition) is 2. The number of hydrogen-bond acceptors (Lipinski definition) is 3. The number of nitrogens with zero attached hydrogens (tertiary/aromatic N) is 1. The summed E-state index contributed by atoms with van der Waals surface area (Å²) >= 11 is 0. The predicted molar refractivity (Wildman–Crippen MR) is 73.0 cm³/mol. The molecule has 1 aromatic heterocycles. The van der Waals surface area contributed by atoms with Gasteiger partial charge in [0.15, 0.2) is 0 Å². The fourth-order valence-corrected chi connectivity index (χ4v) is 2.01. The third-order valence-corrected chi connectivity index (χ3v) is 2.67. The SMILES string of the molecule is CC(C)(C)CC(CC(=O)O)Nc1cccc(C(F)(F)F)n1. The minimum absolute atomic E-state index is 0.0281. The quantitative estimate of drug-likeness (QED) is 0.868. The molecule has 1 atom stereocenters. The molecule has 0 amide bonds. The highest BCUT2D eigenvalue weighted by Crippen LogP contribution is 2.29. The zero-order valence-corrected chi connectivity index (χ0v) is 12.2. The lowest BCUT2D eigenvalue weighted by Gasteiger charge is -2.26. The molecule has 118 valence electrons. The average Bonchev–Trinajstić information content (AvgIpc) is 2.24. The van der Waals surface area contributed by atoms with Crippen LogP contribution in [0.1, 0.15) is 39.3 Å². The molecule has 4 nitrogen and oxygen atoms in total. The normalized spacial score (nSPS) is 13.8. The van der Waals surface area contributed by atoms with Gasteiger partial charge in [-0.1, -0.05) is 26.8 Å². The first-order valence-corrected chi connectivity index (χ1v) is 6.50. The molecule has 0 aliphatic rings. The Bertz CT molecular complexity index is 496. The number of halogens is 3. The second-order valence-corrected chi connectivity index (χ2v) is 6.11. The van der Waals surface area contributed by atoms with Gasteiger partial charge in [-0.05, 0) is 24.0 Å². The highest BCUT2D eigenvalue weighted by molar-refractivity contribution is 5.68. The number of carboxylic acid groups (broad SMARTS) is 1. The summed E-state index contributed by atoms with van der Waals surface area (Å²) in [6, 6.07) is 3.03. The molecule has 1 aromatic rings. The number of nitrogens with one attached hydrogen (secondary N) is 1. The van der Waals surface area contributed by atoms with Crippen LogP contribution in [-0.4, -0.2) is 22.1 Å². The molecule has 0 aliphatic heterocycles. The van der Waals surface area contributed by atoms with Crippen molar-refractivity contribution in [3.05, 3.63) is 23.9 Å². The first kappa shape index (κ1) is 17.3. The fraction of sp³-hybridized carbons (Fsp3) is 0.571. The molecule has 21 heavy (non-hydrogen) atoms. The number of aromatic nitrogens is 1. The Kier molecular flexibility index (Phi) is 5.20. The summed E-state index contributed by atoms with van der Waals surface area (Å²) in [5.41, 5.74) is -1.16. The second kappa shape index (κ2) is 6.32. The van der Waals surface area contributed by atoms with Gasteiger partial charge in [-0.3, -0.25) is 4.79 Å². The van der Waals surface area contributed by atoms with Gasteiger partial charge in [-0.25, -0.2) is 4.98 Å². The number of pyridine rings is 1. The van der Waals surface area contributed by atoms with Crippen molar-refractivity contribution in [3.63, 3.8) is 0 Å². The summed E-state index contributed by atoms with van der Waals surface area (Å²) < 4.78 is 37.8. The van der Waals surface area contributed by atoms with Gasteiger partial charge in [0, 0.05) is 6.04 Å². The van der Waals surface area contributed by atoms with Crippen LogP contribution in [0.2, 0.25) is 0 Å². The van der Waals surface area contributed by atoms with Crippen LogP contribution < -0.4 is 5.32 Å². The lowest BCUT2D eigenvalue weighted by atomic mass is 9.87. The van der Waals surface area contributed by atoms with E-state index in [1.807, 2.05) is 20.8 Å². The Morgan fingerprint density at radius 1 is 1.33 bits per heavy atom. The minimum Gasteiger partial charge on any atom is -0.481 e. The Morgan fingerprint density at radius 2 is 1.95 bits per heavy atom. The predicted octanol–water partition coefficient (Wildman–Crippen LogP) is 3.79. The van der Waals surface area contributed by atoms with E-state index >= 15 is 0 Å². The molecule has 1 unspecified atom stereocenters. The van der Waals surface area contributed by atoms with Crippen LogP contribution in [0.5, 0.6) is 0 Å². The van der Waals surface area contributed by atoms with E-state index in [9.17, 15) is 18.0 Å². The van der Waals surface area contributed by atoms with E-state index in [2.05, 4.69) is 10.3 Å². The largest absolute Gasteiger partial charge is 0.481 e. The number of aliphatic carboxylic acids is 1. The van der Waals surface area contributed by atoms with Crippen LogP contribution >= 0.6 is 0 Å². The number of alkyl halides is 3. The first-order chi connectivity index (χ1) is 9.47. The molecule has 0 radical (unpaired) electrons. The third kappa shape index (κ3) is 6.46. The van der Waals surface area contributed by atoms with Crippen molar-refractivity contribution in [2.75, 3.05) is 5.32 Å². The van der Waals surface area contributed by atoms with E-state index in [-0.39, 0.29) is 17.7 Å². The molecule has 1 heterocycles. The van der Waals surface area contributed by atoms with Gasteiger partial charge >= 0.3 is 12.1 Å². The molecular formula is C14H19F3N2O2. The highest BCUT2D eigenvalue weighted by atomic mass is 19.4. The smallest absolute Gasteiger partial charge is 0.433 e. The van der Waals surface area contributed by atoms with Crippen molar-refractivity contribution >= 4 is 11.8 Å². The number of rotatable bonds is 5. The van der Waals surface area contributed by atoms with Crippen LogP contribution in [0, 0.1) is 5.41 Å². The van der Waals surface area contributed by atoms with Gasteiger partial charge < -0.3 is 10.4 Å². The third-order valence-electron chi connectivity index (χ3n) is 2.67. The monoisotopic (exact) mass is 304 g/mol. The molecular weight excluding hydrogens is 285 g/mol. The van der Waals surface area contributed by atoms with Crippen molar-refractivity contribution in [2.24, 2.45) is 5.41 Å². The molecule has 1 rings (SSSR count). The zero-order valence-electron chi connectivity index (χ0n) is 12.2. The van der Waals surface area contributed by atoms with Crippen molar-refractivity contribution in [1.29, 1.82) is 0 Å². The Morgan fingerprint density at radius 3 is 2.43 bits per heavy atom. The Hall–Kier alpha value is -1.79. The molecule has 0 fully saturated rings. The number of anilines is 1. The standard InChI is InChI=1S/C14H19F3N2O2/c1-13(2,3)8-9(7-12(20)21)18-11-6-4-5-10(19-11)14(15,16)17/h4-6,9H,7-8H2,1-3H3,(H,18,19)(H,20,21). The lowest BCUT2D eigenvalue weighted by molar-refractivity contribution is -0.141. The first-order valence-electron chi connectivity index (χ1n) is 6.50. The van der Waals surface area contributed by atoms with Crippen molar-refractivity contribution < 1.29 is 23.1 Å². The maximum Gasteiger partial charge on any atom is 0.433 e. The van der Waals surface area contributed by atoms with Crippen molar-refractivity contribution in [2.45, 2.75) is 45.8 Å². The van der Waals surface area contributed by atoms with Crippen molar-refractivity contribution in [3.8, 4) is 0 Å². The van der Waals surface area contributed by atoms with E-state index < -0.39 is 23.9 Å². The average molecular weight is 304 g/mol. The molecule has 2 N–H and O–H groups in total. The van der Waals surface area contributed by atoms with Crippen LogP contribution in [0.15, 0.2) is 18.2 Å². The van der Waals surface area contributed by atoms with E-state index in [0.29, 0.717) is 6.42 Å². The molecule has 0 aromatic carbocycles. The Labute approximate surface area is 121 Å². The topological polar surface area (TPSA) is 62.2 Å². The maximum absolute atomic E-state index is 12.6. The van der Waals surface area contributed by atoms with Gasteiger partial charge in [0.1, 0.15) is 11.5 Å². The summed E-state index contributed by atoms with van der Waals surface area (Å²) in [6.45, 7) is 5.80. The van der Waals surface area contributed by atoms with E-state index in [0.717, 1.165) is 6.07 Å². The maximum atomic E-state index is 12.6. The van der Waals surface area contributed by atoms with Crippen LogP contribution in [0.3, 0.4) is 0 Å². The van der Waals surface area contributed by atoms with Crippen LogP contribution in [0.4, 0.5) is 19.0 Å². The fourth-order valence-electron chi connectivity index (χ4n) is 2.01. The molecule has 0 saturated heterocycles. The van der Waals surface area contributed by atoms with Gasteiger partial charge in [0.25, 0.3) is 0 Å². The molecule has 0 spiro atoms. The van der Waals surface area contributed by atoms with Gasteiger partial charge in [-0.2, -0.15) is 13.2 Å².